The molecule has 0 saturated carbocycles. The van der Waals surface area contributed by atoms with E-state index in [1.807, 2.05) is 25.3 Å². The number of hydrogen-bond acceptors (Lipinski definition) is 3. The molecular weight excluding hydrogens is 337 g/mol. The van der Waals surface area contributed by atoms with Crippen molar-refractivity contribution in [2.75, 3.05) is 6.61 Å². The van der Waals surface area contributed by atoms with Crippen molar-refractivity contribution in [3.05, 3.63) is 19.9 Å². The third-order valence-electron chi connectivity index (χ3n) is 2.69. The Hall–Kier alpha value is -0.140. The number of aliphatic hydroxyl groups is 1. The predicted molar refractivity (Wildman–Crippen MR) is 74.9 cm³/mol. The quantitative estimate of drug-likeness (QED) is 0.800. The average Bonchev–Trinajstić information content (AvgIpc) is 2.65. The molecule has 1 unspecified atom stereocenters. The molecule has 90 valence electrons. The van der Waals surface area contributed by atoms with E-state index in [9.17, 15) is 4.79 Å². The average molecular weight is 353 g/mol. The van der Waals surface area contributed by atoms with E-state index >= 15 is 0 Å². The van der Waals surface area contributed by atoms with Crippen molar-refractivity contribution in [2.45, 2.75) is 32.2 Å². The standard InChI is InChI=1S/C11H16INO2S/c1-3-11(2,4-5-14)13-10(15)8-6-9(12)16-7-8/h6-7,14H,3-5H2,1-2H3,(H,13,15). The van der Waals surface area contributed by atoms with E-state index in [1.165, 1.54) is 0 Å². The van der Waals surface area contributed by atoms with E-state index in [-0.39, 0.29) is 18.1 Å². The number of carbonyl (C=O) groups is 1. The first-order valence-electron chi connectivity index (χ1n) is 5.18. The van der Waals surface area contributed by atoms with E-state index in [4.69, 9.17) is 5.11 Å². The number of nitrogens with one attached hydrogen (secondary N) is 1. The maximum absolute atomic E-state index is 11.9. The molecular formula is C11H16INO2S. The van der Waals surface area contributed by atoms with Crippen LogP contribution in [0.2, 0.25) is 0 Å². The molecule has 1 aromatic heterocycles. The van der Waals surface area contributed by atoms with E-state index < -0.39 is 0 Å². The van der Waals surface area contributed by atoms with Gasteiger partial charge in [0.25, 0.3) is 5.91 Å². The maximum Gasteiger partial charge on any atom is 0.252 e. The Bertz CT molecular complexity index is 367. The zero-order valence-electron chi connectivity index (χ0n) is 9.42. The van der Waals surface area contributed by atoms with Gasteiger partial charge in [0.05, 0.1) is 8.45 Å². The van der Waals surface area contributed by atoms with Gasteiger partial charge in [-0.25, -0.2) is 0 Å². The third-order valence-corrected chi connectivity index (χ3v) is 4.48. The SMILES string of the molecule is CCC(C)(CCO)NC(=O)c1csc(I)c1. The van der Waals surface area contributed by atoms with Gasteiger partial charge in [0, 0.05) is 17.5 Å². The fourth-order valence-corrected chi connectivity index (χ4v) is 2.68. The Morgan fingerprint density at radius 2 is 2.38 bits per heavy atom. The maximum atomic E-state index is 11.9. The first-order chi connectivity index (χ1) is 7.50. The van der Waals surface area contributed by atoms with E-state index in [0.717, 1.165) is 9.30 Å². The largest absolute Gasteiger partial charge is 0.396 e. The highest BCUT2D eigenvalue weighted by Gasteiger charge is 2.24. The summed E-state index contributed by atoms with van der Waals surface area (Å²) in [6, 6.07) is 1.87. The first kappa shape index (κ1) is 13.9. The van der Waals surface area contributed by atoms with Gasteiger partial charge in [-0.15, -0.1) is 11.3 Å². The van der Waals surface area contributed by atoms with E-state index in [0.29, 0.717) is 12.0 Å². The molecule has 0 aliphatic heterocycles. The molecule has 1 aromatic rings. The second-order valence-corrected chi connectivity index (χ2v) is 6.79. The van der Waals surface area contributed by atoms with Gasteiger partial charge in [-0.3, -0.25) is 4.79 Å². The molecule has 16 heavy (non-hydrogen) atoms. The van der Waals surface area contributed by atoms with Crippen LogP contribution in [0.25, 0.3) is 0 Å². The van der Waals surface area contributed by atoms with Crippen molar-refractivity contribution >= 4 is 39.8 Å². The lowest BCUT2D eigenvalue weighted by Gasteiger charge is -2.28. The molecule has 2 N–H and O–H groups in total. The Kier molecular flexibility index (Phi) is 5.20. The Balaban J connectivity index is 2.69. The summed E-state index contributed by atoms with van der Waals surface area (Å²) in [4.78, 5) is 11.9. The lowest BCUT2D eigenvalue weighted by atomic mass is 9.94. The van der Waals surface area contributed by atoms with Crippen LogP contribution in [0.4, 0.5) is 0 Å². The normalized spacial score (nSPS) is 14.5. The molecule has 0 bridgehead atoms. The van der Waals surface area contributed by atoms with Crippen LogP contribution in [-0.2, 0) is 0 Å². The molecule has 1 atom stereocenters. The van der Waals surface area contributed by atoms with Crippen LogP contribution < -0.4 is 5.32 Å². The molecule has 0 fully saturated rings. The molecule has 0 aliphatic carbocycles. The van der Waals surface area contributed by atoms with Crippen LogP contribution in [0, 0.1) is 2.88 Å². The number of rotatable bonds is 5. The summed E-state index contributed by atoms with van der Waals surface area (Å²) in [6.07, 6.45) is 1.39. The van der Waals surface area contributed by atoms with Gasteiger partial charge < -0.3 is 10.4 Å². The molecule has 5 heteroatoms. The van der Waals surface area contributed by atoms with Gasteiger partial charge in [-0.05, 0) is 48.4 Å². The number of amides is 1. The number of carbonyl (C=O) groups excluding carboxylic acids is 1. The Morgan fingerprint density at radius 1 is 1.69 bits per heavy atom. The van der Waals surface area contributed by atoms with Gasteiger partial charge in [-0.2, -0.15) is 0 Å². The van der Waals surface area contributed by atoms with Crippen LogP contribution in [0.15, 0.2) is 11.4 Å². The van der Waals surface area contributed by atoms with Crippen molar-refractivity contribution < 1.29 is 9.90 Å². The smallest absolute Gasteiger partial charge is 0.252 e. The van der Waals surface area contributed by atoms with Crippen molar-refractivity contribution in [3.63, 3.8) is 0 Å². The molecule has 1 heterocycles. The zero-order chi connectivity index (χ0) is 12.2. The highest BCUT2D eigenvalue weighted by atomic mass is 127. The summed E-state index contributed by atoms with van der Waals surface area (Å²) < 4.78 is 1.10. The highest BCUT2D eigenvalue weighted by molar-refractivity contribution is 14.1. The predicted octanol–water partition coefficient (Wildman–Crippen LogP) is 2.63. The van der Waals surface area contributed by atoms with Crippen LogP contribution in [0.1, 0.15) is 37.0 Å². The van der Waals surface area contributed by atoms with Crippen LogP contribution in [0.3, 0.4) is 0 Å². The monoisotopic (exact) mass is 353 g/mol. The molecule has 1 rings (SSSR count). The number of thiophene rings is 1. The van der Waals surface area contributed by atoms with Crippen LogP contribution in [-0.4, -0.2) is 23.2 Å². The molecule has 0 aromatic carbocycles. The summed E-state index contributed by atoms with van der Waals surface area (Å²) in [5.41, 5.74) is 0.381. The van der Waals surface area contributed by atoms with Crippen LogP contribution in [0.5, 0.6) is 0 Å². The highest BCUT2D eigenvalue weighted by Crippen LogP contribution is 2.19. The summed E-state index contributed by atoms with van der Waals surface area (Å²) in [5, 5.41) is 13.8. The zero-order valence-corrected chi connectivity index (χ0v) is 12.4. The van der Waals surface area contributed by atoms with E-state index in [2.05, 4.69) is 27.9 Å². The van der Waals surface area contributed by atoms with Gasteiger partial charge in [0.1, 0.15) is 0 Å². The summed E-state index contributed by atoms with van der Waals surface area (Å²) in [7, 11) is 0. The van der Waals surface area contributed by atoms with Gasteiger partial charge in [0.2, 0.25) is 0 Å². The summed E-state index contributed by atoms with van der Waals surface area (Å²) in [5.74, 6) is -0.0584. The molecule has 3 nitrogen and oxygen atoms in total. The third kappa shape index (κ3) is 3.71. The molecule has 1 amide bonds. The van der Waals surface area contributed by atoms with Crippen LogP contribution >= 0.6 is 33.9 Å². The lowest BCUT2D eigenvalue weighted by molar-refractivity contribution is 0.0886. The second-order valence-electron chi connectivity index (χ2n) is 3.98. The Labute approximate surface area is 113 Å². The van der Waals surface area contributed by atoms with Crippen molar-refractivity contribution in [3.8, 4) is 0 Å². The molecule has 0 saturated heterocycles. The minimum Gasteiger partial charge on any atom is -0.396 e. The number of aliphatic hydroxyl groups excluding tert-OH is 1. The van der Waals surface area contributed by atoms with Crippen molar-refractivity contribution in [2.24, 2.45) is 0 Å². The minimum absolute atomic E-state index is 0.0584. The fraction of sp³-hybridized carbons (Fsp3) is 0.545. The van der Waals surface area contributed by atoms with Gasteiger partial charge >= 0.3 is 0 Å². The minimum atomic E-state index is -0.320. The van der Waals surface area contributed by atoms with Gasteiger partial charge in [0.15, 0.2) is 0 Å². The summed E-state index contributed by atoms with van der Waals surface area (Å²) >= 11 is 3.75. The van der Waals surface area contributed by atoms with Crippen molar-refractivity contribution in [1.82, 2.24) is 5.32 Å². The van der Waals surface area contributed by atoms with Crippen molar-refractivity contribution in [1.29, 1.82) is 0 Å². The fourth-order valence-electron chi connectivity index (χ4n) is 1.35. The van der Waals surface area contributed by atoms with Gasteiger partial charge in [-0.1, -0.05) is 6.92 Å². The number of halogens is 1. The topological polar surface area (TPSA) is 49.3 Å². The second kappa shape index (κ2) is 5.97. The molecule has 0 spiro atoms. The summed E-state index contributed by atoms with van der Waals surface area (Å²) in [6.45, 7) is 4.05. The Morgan fingerprint density at radius 3 is 2.81 bits per heavy atom. The van der Waals surface area contributed by atoms with E-state index in [1.54, 1.807) is 11.3 Å². The number of hydrogen-bond donors (Lipinski definition) is 2. The lowest BCUT2D eigenvalue weighted by Crippen LogP contribution is -2.46. The molecule has 0 aliphatic rings. The molecule has 0 radical (unpaired) electrons. The first-order valence-corrected chi connectivity index (χ1v) is 7.14.